The quantitative estimate of drug-likeness (QED) is 0.414. The highest BCUT2D eigenvalue weighted by atomic mass is 35.5. The minimum absolute atomic E-state index is 0.231. The van der Waals surface area contributed by atoms with E-state index < -0.39 is 50.0 Å². The molecule has 12 heteroatoms. The Morgan fingerprint density at radius 2 is 1.61 bits per heavy atom. The number of imidazole rings is 1. The van der Waals surface area contributed by atoms with E-state index in [4.69, 9.17) is 34.8 Å². The van der Waals surface area contributed by atoms with Gasteiger partial charge in [-0.05, 0) is 23.7 Å². The van der Waals surface area contributed by atoms with E-state index in [1.54, 1.807) is 0 Å². The topological polar surface area (TPSA) is 17.8 Å². The molecule has 0 aliphatic heterocycles. The first-order chi connectivity index (χ1) is 10.4. The highest BCUT2D eigenvalue weighted by Gasteiger charge is 2.36. The summed E-state index contributed by atoms with van der Waals surface area (Å²) in [6, 6.07) is 1.57. The summed E-state index contributed by atoms with van der Waals surface area (Å²) in [5.74, 6) is 0. The molecule has 1 aromatic heterocycles. The Morgan fingerprint density at radius 3 is 2.13 bits per heavy atom. The molecule has 0 fully saturated rings. The highest BCUT2D eigenvalue weighted by molar-refractivity contribution is 8.00. The van der Waals surface area contributed by atoms with Crippen molar-refractivity contribution in [1.82, 2.24) is 9.55 Å². The van der Waals surface area contributed by atoms with Crippen LogP contribution in [0.25, 0.3) is 5.69 Å². The first-order valence-corrected chi connectivity index (χ1v) is 7.41. The van der Waals surface area contributed by atoms with Gasteiger partial charge < -0.3 is 0 Å². The van der Waals surface area contributed by atoms with Crippen molar-refractivity contribution in [2.24, 2.45) is 0 Å². The van der Waals surface area contributed by atoms with Crippen LogP contribution in [0.3, 0.4) is 0 Å². The second kappa shape index (κ2) is 6.27. The van der Waals surface area contributed by atoms with E-state index in [1.807, 2.05) is 0 Å². The monoisotopic (exact) mass is 414 g/mol. The molecule has 0 N–H and O–H groups in total. The molecule has 1 heterocycles. The molecule has 0 amide bonds. The molecule has 126 valence electrons. The first-order valence-electron chi connectivity index (χ1n) is 5.46. The number of benzene rings is 1. The standard InChI is InChI=1S/C11H3Cl3F6N2S/c12-5-2-1-4(10(15,16)17)7(13)8(5)22-3-6(21-9(22)14)23-11(18,19)20/h1-3H. The first kappa shape index (κ1) is 18.6. The van der Waals surface area contributed by atoms with Gasteiger partial charge in [0, 0.05) is 18.0 Å². The third kappa shape index (κ3) is 4.20. The van der Waals surface area contributed by atoms with Crippen LogP contribution in [0.5, 0.6) is 0 Å². The van der Waals surface area contributed by atoms with Crippen molar-refractivity contribution in [2.75, 3.05) is 0 Å². The molecule has 0 saturated heterocycles. The van der Waals surface area contributed by atoms with Gasteiger partial charge in [-0.2, -0.15) is 26.3 Å². The van der Waals surface area contributed by atoms with Crippen molar-refractivity contribution < 1.29 is 26.3 Å². The van der Waals surface area contributed by atoms with Gasteiger partial charge in [-0.3, -0.25) is 4.57 Å². The molecular formula is C11H3Cl3F6N2S. The summed E-state index contributed by atoms with van der Waals surface area (Å²) in [6.45, 7) is 0. The second-order valence-corrected chi connectivity index (χ2v) is 6.23. The van der Waals surface area contributed by atoms with E-state index in [0.717, 1.165) is 16.8 Å². The molecule has 0 unspecified atom stereocenters. The van der Waals surface area contributed by atoms with Crippen molar-refractivity contribution in [1.29, 1.82) is 0 Å². The molecule has 0 aliphatic carbocycles. The molecule has 0 saturated carbocycles. The maximum absolute atomic E-state index is 12.9. The van der Waals surface area contributed by atoms with E-state index in [-0.39, 0.29) is 5.02 Å². The Bertz CT molecular complexity index is 741. The van der Waals surface area contributed by atoms with E-state index in [2.05, 4.69) is 4.98 Å². The van der Waals surface area contributed by atoms with Gasteiger partial charge in [0.15, 0.2) is 0 Å². The van der Waals surface area contributed by atoms with Crippen LogP contribution in [0.4, 0.5) is 26.3 Å². The highest BCUT2D eigenvalue weighted by Crippen LogP contribution is 2.42. The smallest absolute Gasteiger partial charge is 0.286 e. The Hall–Kier alpha value is -0.770. The molecule has 23 heavy (non-hydrogen) atoms. The minimum atomic E-state index is -4.77. The Balaban J connectivity index is 2.59. The van der Waals surface area contributed by atoms with Gasteiger partial charge in [0.25, 0.3) is 0 Å². The summed E-state index contributed by atoms with van der Waals surface area (Å²) < 4.78 is 76.4. The SMILES string of the molecule is FC(F)(F)Sc1cn(-c2c(Cl)ccc(C(F)(F)F)c2Cl)c(Cl)n1. The summed E-state index contributed by atoms with van der Waals surface area (Å²) in [6.07, 6.45) is -3.97. The molecule has 0 atom stereocenters. The third-order valence-corrected chi connectivity index (χ3v) is 4.07. The average Bonchev–Trinajstić information content (AvgIpc) is 2.66. The normalized spacial score (nSPS) is 12.7. The molecule has 0 aliphatic rings. The fourth-order valence-electron chi connectivity index (χ4n) is 1.64. The van der Waals surface area contributed by atoms with E-state index in [9.17, 15) is 26.3 Å². The summed E-state index contributed by atoms with van der Waals surface area (Å²) in [4.78, 5) is 3.42. The van der Waals surface area contributed by atoms with Crippen molar-refractivity contribution in [3.05, 3.63) is 39.2 Å². The van der Waals surface area contributed by atoms with Crippen molar-refractivity contribution >= 4 is 46.6 Å². The zero-order chi connectivity index (χ0) is 17.6. The largest absolute Gasteiger partial charge is 0.447 e. The summed E-state index contributed by atoms with van der Waals surface area (Å²) >= 11 is 16.6. The number of aromatic nitrogens is 2. The summed E-state index contributed by atoms with van der Waals surface area (Å²) in [5, 5.41) is -2.11. The lowest BCUT2D eigenvalue weighted by atomic mass is 10.2. The predicted molar refractivity (Wildman–Crippen MR) is 75.5 cm³/mol. The van der Waals surface area contributed by atoms with Crippen LogP contribution in [0.2, 0.25) is 15.3 Å². The maximum Gasteiger partial charge on any atom is 0.447 e. The zero-order valence-electron chi connectivity index (χ0n) is 10.4. The predicted octanol–water partition coefficient (Wildman–Crippen LogP) is 6.46. The van der Waals surface area contributed by atoms with Crippen LogP contribution in [-0.2, 0) is 6.18 Å². The van der Waals surface area contributed by atoms with Crippen LogP contribution < -0.4 is 0 Å². The Labute approximate surface area is 144 Å². The van der Waals surface area contributed by atoms with E-state index in [0.29, 0.717) is 6.07 Å². The Morgan fingerprint density at radius 1 is 1.00 bits per heavy atom. The van der Waals surface area contributed by atoms with Gasteiger partial charge in [-0.25, -0.2) is 4.98 Å². The lowest BCUT2D eigenvalue weighted by Gasteiger charge is -2.14. The van der Waals surface area contributed by atoms with Crippen molar-refractivity contribution in [3.8, 4) is 5.69 Å². The number of alkyl halides is 6. The van der Waals surface area contributed by atoms with E-state index >= 15 is 0 Å². The van der Waals surface area contributed by atoms with Crippen LogP contribution in [0.1, 0.15) is 5.56 Å². The maximum atomic E-state index is 12.9. The van der Waals surface area contributed by atoms with Crippen LogP contribution in [0, 0.1) is 0 Å². The van der Waals surface area contributed by atoms with Gasteiger partial charge in [0.05, 0.1) is 21.3 Å². The molecule has 0 radical (unpaired) electrons. The summed E-state index contributed by atoms with van der Waals surface area (Å²) in [7, 11) is 0. The molecule has 2 nitrogen and oxygen atoms in total. The fraction of sp³-hybridized carbons (Fsp3) is 0.182. The van der Waals surface area contributed by atoms with Crippen LogP contribution >= 0.6 is 46.6 Å². The molecule has 0 spiro atoms. The zero-order valence-corrected chi connectivity index (χ0v) is 13.5. The number of halogens is 9. The van der Waals surface area contributed by atoms with Crippen molar-refractivity contribution in [3.63, 3.8) is 0 Å². The fourth-order valence-corrected chi connectivity index (χ4v) is 3.10. The third-order valence-electron chi connectivity index (χ3n) is 2.47. The van der Waals surface area contributed by atoms with Gasteiger partial charge >= 0.3 is 11.7 Å². The molecule has 2 rings (SSSR count). The second-order valence-electron chi connectivity index (χ2n) is 4.02. The van der Waals surface area contributed by atoms with Crippen LogP contribution in [0.15, 0.2) is 23.4 Å². The number of thioether (sulfide) groups is 1. The molecular weight excluding hydrogens is 413 g/mol. The average molecular weight is 416 g/mol. The number of hydrogen-bond donors (Lipinski definition) is 0. The molecule has 2 aromatic rings. The number of nitrogens with zero attached hydrogens (tertiary/aromatic N) is 2. The van der Waals surface area contributed by atoms with Gasteiger partial charge in [0.1, 0.15) is 5.03 Å². The van der Waals surface area contributed by atoms with E-state index in [1.165, 1.54) is 0 Å². The number of rotatable bonds is 2. The van der Waals surface area contributed by atoms with Gasteiger partial charge in [-0.15, -0.1) is 0 Å². The summed E-state index contributed by atoms with van der Waals surface area (Å²) in [5.41, 5.74) is -6.24. The van der Waals surface area contributed by atoms with Crippen molar-refractivity contribution in [2.45, 2.75) is 16.7 Å². The number of hydrogen-bond acceptors (Lipinski definition) is 2. The lowest BCUT2D eigenvalue weighted by Crippen LogP contribution is -2.08. The minimum Gasteiger partial charge on any atom is -0.286 e. The van der Waals surface area contributed by atoms with Gasteiger partial charge in [0.2, 0.25) is 5.28 Å². The van der Waals surface area contributed by atoms with Crippen LogP contribution in [-0.4, -0.2) is 15.1 Å². The Kier molecular flexibility index (Phi) is 5.06. The van der Waals surface area contributed by atoms with Gasteiger partial charge in [-0.1, -0.05) is 23.2 Å². The molecule has 1 aromatic carbocycles. The molecule has 0 bridgehead atoms. The lowest BCUT2D eigenvalue weighted by molar-refractivity contribution is -0.137.